The highest BCUT2D eigenvalue weighted by atomic mass is 32.1. The lowest BCUT2D eigenvalue weighted by atomic mass is 10.2. The van der Waals surface area contributed by atoms with E-state index in [1.54, 1.807) is 11.3 Å². The van der Waals surface area contributed by atoms with Gasteiger partial charge in [-0.1, -0.05) is 32.6 Å². The van der Waals surface area contributed by atoms with E-state index in [0.29, 0.717) is 0 Å². The lowest BCUT2D eigenvalue weighted by Gasteiger charge is -2.05. The topological polar surface area (TPSA) is 34.1 Å². The van der Waals surface area contributed by atoms with Crippen LogP contribution in [-0.4, -0.2) is 18.6 Å². The maximum atomic E-state index is 5.91. The van der Waals surface area contributed by atoms with E-state index in [0.717, 1.165) is 40.6 Å². The second-order valence-electron chi connectivity index (χ2n) is 6.24. The number of anilines is 1. The van der Waals surface area contributed by atoms with Crippen LogP contribution < -0.4 is 10.1 Å². The molecule has 0 aliphatic carbocycles. The second kappa shape index (κ2) is 8.86. The Morgan fingerprint density at radius 3 is 2.56 bits per heavy atom. The van der Waals surface area contributed by atoms with Crippen LogP contribution in [-0.2, 0) is 0 Å². The average molecular weight is 355 g/mol. The van der Waals surface area contributed by atoms with Crippen LogP contribution in [0.2, 0.25) is 0 Å². The van der Waals surface area contributed by atoms with Crippen LogP contribution in [0.5, 0.6) is 5.75 Å². The van der Waals surface area contributed by atoms with Crippen molar-refractivity contribution in [3.63, 3.8) is 0 Å². The van der Waals surface area contributed by atoms with Gasteiger partial charge in [0.05, 0.1) is 16.8 Å². The maximum Gasteiger partial charge on any atom is 0.124 e. The van der Waals surface area contributed by atoms with Crippen molar-refractivity contribution in [2.45, 2.75) is 39.0 Å². The smallest absolute Gasteiger partial charge is 0.124 e. The third-order valence-corrected chi connectivity index (χ3v) is 5.36. The predicted molar refractivity (Wildman–Crippen MR) is 109 cm³/mol. The number of benzene rings is 2. The number of nitrogens with one attached hydrogen (secondary N) is 1. The standard InChI is InChI=1S/C21H26N2OS/c1-3-4-5-6-7-14-24-18-12-13-19-20(15-18)25-21(23-19)16-8-10-17(22-2)11-9-16/h8-13,15,22H,3-7,14H2,1-2H3. The van der Waals surface area contributed by atoms with Gasteiger partial charge in [-0.3, -0.25) is 0 Å². The summed E-state index contributed by atoms with van der Waals surface area (Å²) in [4.78, 5) is 4.75. The van der Waals surface area contributed by atoms with E-state index in [1.165, 1.54) is 30.4 Å². The fraction of sp³-hybridized carbons (Fsp3) is 0.381. The van der Waals surface area contributed by atoms with Gasteiger partial charge in [-0.05, 0) is 48.9 Å². The molecule has 0 aliphatic rings. The quantitative estimate of drug-likeness (QED) is 0.454. The lowest BCUT2D eigenvalue weighted by molar-refractivity contribution is 0.305. The largest absolute Gasteiger partial charge is 0.494 e. The van der Waals surface area contributed by atoms with Gasteiger partial charge in [-0.25, -0.2) is 4.98 Å². The van der Waals surface area contributed by atoms with Gasteiger partial charge in [0, 0.05) is 18.3 Å². The first-order chi connectivity index (χ1) is 12.3. The van der Waals surface area contributed by atoms with Crippen LogP contribution in [0.4, 0.5) is 5.69 Å². The fourth-order valence-corrected chi connectivity index (χ4v) is 3.79. The molecule has 0 fully saturated rings. The molecule has 1 heterocycles. The van der Waals surface area contributed by atoms with Crippen molar-refractivity contribution in [2.24, 2.45) is 0 Å². The molecule has 0 saturated heterocycles. The highest BCUT2D eigenvalue weighted by Gasteiger charge is 2.07. The number of unbranched alkanes of at least 4 members (excludes halogenated alkanes) is 4. The summed E-state index contributed by atoms with van der Waals surface area (Å²) in [6.07, 6.45) is 6.30. The number of nitrogens with zero attached hydrogens (tertiary/aromatic N) is 1. The lowest BCUT2D eigenvalue weighted by Crippen LogP contribution is -1.96. The van der Waals surface area contributed by atoms with Crippen LogP contribution in [0.3, 0.4) is 0 Å². The Labute approximate surface area is 154 Å². The zero-order chi connectivity index (χ0) is 17.5. The van der Waals surface area contributed by atoms with Crippen molar-refractivity contribution in [1.29, 1.82) is 0 Å². The van der Waals surface area contributed by atoms with Crippen LogP contribution in [0, 0.1) is 0 Å². The molecule has 132 valence electrons. The van der Waals surface area contributed by atoms with E-state index in [9.17, 15) is 0 Å². The normalized spacial score (nSPS) is 11.0. The van der Waals surface area contributed by atoms with Crippen LogP contribution >= 0.6 is 11.3 Å². The van der Waals surface area contributed by atoms with Crippen LogP contribution in [0.15, 0.2) is 42.5 Å². The van der Waals surface area contributed by atoms with Gasteiger partial charge in [0.2, 0.25) is 0 Å². The van der Waals surface area contributed by atoms with Crippen molar-refractivity contribution in [3.05, 3.63) is 42.5 Å². The minimum atomic E-state index is 0.798. The summed E-state index contributed by atoms with van der Waals surface area (Å²) in [5.74, 6) is 0.948. The molecule has 3 aromatic rings. The summed E-state index contributed by atoms with van der Waals surface area (Å²) in [6, 6.07) is 14.6. The number of ether oxygens (including phenoxy) is 1. The van der Waals surface area contributed by atoms with Crippen molar-refractivity contribution in [1.82, 2.24) is 4.98 Å². The summed E-state index contributed by atoms with van der Waals surface area (Å²) in [5, 5.41) is 4.19. The zero-order valence-electron chi connectivity index (χ0n) is 15.0. The van der Waals surface area contributed by atoms with E-state index in [-0.39, 0.29) is 0 Å². The Kier molecular flexibility index (Phi) is 6.29. The minimum Gasteiger partial charge on any atom is -0.494 e. The predicted octanol–water partition coefficient (Wildman–Crippen LogP) is 6.35. The van der Waals surface area contributed by atoms with Gasteiger partial charge in [-0.15, -0.1) is 11.3 Å². The first kappa shape index (κ1) is 17.7. The molecule has 3 rings (SSSR count). The van der Waals surface area contributed by atoms with Gasteiger partial charge in [0.25, 0.3) is 0 Å². The van der Waals surface area contributed by atoms with E-state index in [2.05, 4.69) is 48.6 Å². The number of aromatic nitrogens is 1. The molecule has 1 aromatic heterocycles. The Morgan fingerprint density at radius 1 is 1.00 bits per heavy atom. The van der Waals surface area contributed by atoms with Gasteiger partial charge in [-0.2, -0.15) is 0 Å². The third kappa shape index (κ3) is 4.73. The van der Waals surface area contributed by atoms with E-state index >= 15 is 0 Å². The molecule has 0 radical (unpaired) electrons. The molecule has 2 aromatic carbocycles. The number of thiazole rings is 1. The summed E-state index contributed by atoms with van der Waals surface area (Å²) in [5.41, 5.74) is 3.30. The molecule has 0 saturated carbocycles. The summed E-state index contributed by atoms with van der Waals surface area (Å²) < 4.78 is 7.09. The maximum absolute atomic E-state index is 5.91. The molecule has 0 amide bonds. The monoisotopic (exact) mass is 354 g/mol. The van der Waals surface area contributed by atoms with Crippen molar-refractivity contribution >= 4 is 27.2 Å². The highest BCUT2D eigenvalue weighted by Crippen LogP contribution is 2.32. The first-order valence-corrected chi connectivity index (χ1v) is 9.93. The molecular formula is C21H26N2OS. The summed E-state index contributed by atoms with van der Waals surface area (Å²) >= 11 is 1.72. The van der Waals surface area contributed by atoms with E-state index < -0.39 is 0 Å². The Morgan fingerprint density at radius 2 is 1.80 bits per heavy atom. The van der Waals surface area contributed by atoms with E-state index in [4.69, 9.17) is 9.72 Å². The zero-order valence-corrected chi connectivity index (χ0v) is 15.9. The van der Waals surface area contributed by atoms with Gasteiger partial charge < -0.3 is 10.1 Å². The van der Waals surface area contributed by atoms with Crippen molar-refractivity contribution in [3.8, 4) is 16.3 Å². The molecule has 1 N–H and O–H groups in total. The Hall–Kier alpha value is -2.07. The van der Waals surface area contributed by atoms with Crippen LogP contribution in [0.25, 0.3) is 20.8 Å². The molecule has 0 aliphatic heterocycles. The molecular weight excluding hydrogens is 328 g/mol. The number of hydrogen-bond acceptors (Lipinski definition) is 4. The summed E-state index contributed by atoms with van der Waals surface area (Å²) in [6.45, 7) is 3.04. The van der Waals surface area contributed by atoms with Crippen molar-refractivity contribution in [2.75, 3.05) is 19.0 Å². The van der Waals surface area contributed by atoms with Crippen LogP contribution in [0.1, 0.15) is 39.0 Å². The Bertz CT molecular complexity index is 795. The number of rotatable bonds is 9. The average Bonchev–Trinajstić information content (AvgIpc) is 3.08. The molecule has 0 atom stereocenters. The third-order valence-electron chi connectivity index (χ3n) is 4.30. The van der Waals surface area contributed by atoms with Gasteiger partial charge >= 0.3 is 0 Å². The minimum absolute atomic E-state index is 0.798. The summed E-state index contributed by atoms with van der Waals surface area (Å²) in [7, 11) is 1.93. The SMILES string of the molecule is CCCCCCCOc1ccc2nc(-c3ccc(NC)cc3)sc2c1. The highest BCUT2D eigenvalue weighted by molar-refractivity contribution is 7.21. The molecule has 0 unspecified atom stereocenters. The molecule has 0 bridgehead atoms. The second-order valence-corrected chi connectivity index (χ2v) is 7.27. The van der Waals surface area contributed by atoms with E-state index in [1.807, 2.05) is 13.1 Å². The number of fused-ring (bicyclic) bond motifs is 1. The van der Waals surface area contributed by atoms with Gasteiger partial charge in [0.1, 0.15) is 10.8 Å². The Balaban J connectivity index is 1.64. The number of hydrogen-bond donors (Lipinski definition) is 1. The molecule has 3 nitrogen and oxygen atoms in total. The fourth-order valence-electron chi connectivity index (χ4n) is 2.79. The van der Waals surface area contributed by atoms with Gasteiger partial charge in [0.15, 0.2) is 0 Å². The molecule has 0 spiro atoms. The molecule has 25 heavy (non-hydrogen) atoms. The first-order valence-electron chi connectivity index (χ1n) is 9.11. The molecule has 4 heteroatoms. The van der Waals surface area contributed by atoms with Crippen molar-refractivity contribution < 1.29 is 4.74 Å².